The first-order valence-corrected chi connectivity index (χ1v) is 9.44. The molecule has 26 heavy (non-hydrogen) atoms. The molecular weight excluding hydrogens is 373 g/mol. The molecule has 6 heteroatoms. The van der Waals surface area contributed by atoms with Gasteiger partial charge in [0.05, 0.1) is 6.42 Å². The molecule has 4 nitrogen and oxygen atoms in total. The third kappa shape index (κ3) is 4.83. The Hall–Kier alpha value is -1.91. The molecule has 3 rings (SSSR count). The van der Waals surface area contributed by atoms with Crippen LogP contribution in [0.15, 0.2) is 42.5 Å². The van der Waals surface area contributed by atoms with E-state index in [1.165, 1.54) is 0 Å². The minimum Gasteiger partial charge on any atom is -0.489 e. The van der Waals surface area contributed by atoms with E-state index < -0.39 is 5.97 Å². The fraction of sp³-hybridized carbons (Fsp3) is 0.350. The number of aliphatic carboxylic acids is 1. The molecule has 138 valence electrons. The molecule has 1 fully saturated rings. The molecule has 0 aliphatic carbocycles. The predicted molar refractivity (Wildman–Crippen MR) is 104 cm³/mol. The van der Waals surface area contributed by atoms with Crippen molar-refractivity contribution in [3.63, 3.8) is 0 Å². The fourth-order valence-electron chi connectivity index (χ4n) is 3.29. The average Bonchev–Trinajstić information content (AvgIpc) is 2.61. The molecule has 0 radical (unpaired) electrons. The van der Waals surface area contributed by atoms with E-state index in [2.05, 4.69) is 4.90 Å². The van der Waals surface area contributed by atoms with Gasteiger partial charge in [0.15, 0.2) is 0 Å². The standard InChI is InChI=1S/C20H21Cl2NO3/c21-15-5-4-14(19(22)11-15)13-26-18-8-6-16(7-9-18)23-10-2-1-3-17(23)12-20(24)25/h4-9,11,17H,1-3,10,12-13H2,(H,24,25). The maximum atomic E-state index is 11.1. The average molecular weight is 394 g/mol. The van der Waals surface area contributed by atoms with E-state index in [-0.39, 0.29) is 12.5 Å². The third-order valence-corrected chi connectivity index (χ3v) is 5.20. The zero-order valence-electron chi connectivity index (χ0n) is 14.3. The maximum absolute atomic E-state index is 11.1. The lowest BCUT2D eigenvalue weighted by molar-refractivity contribution is -0.137. The molecule has 1 N–H and O–H groups in total. The third-order valence-electron chi connectivity index (χ3n) is 4.62. The Morgan fingerprint density at radius 1 is 1.15 bits per heavy atom. The highest BCUT2D eigenvalue weighted by Crippen LogP contribution is 2.29. The first kappa shape index (κ1) is 18.9. The van der Waals surface area contributed by atoms with Gasteiger partial charge in [0.2, 0.25) is 0 Å². The highest BCUT2D eigenvalue weighted by atomic mass is 35.5. The van der Waals surface area contributed by atoms with Crippen molar-refractivity contribution in [1.82, 2.24) is 0 Å². The lowest BCUT2D eigenvalue weighted by Crippen LogP contribution is -2.40. The van der Waals surface area contributed by atoms with Gasteiger partial charge in [0.1, 0.15) is 12.4 Å². The van der Waals surface area contributed by atoms with Gasteiger partial charge in [-0.25, -0.2) is 0 Å². The molecule has 1 heterocycles. The van der Waals surface area contributed by atoms with Crippen LogP contribution in [0.1, 0.15) is 31.2 Å². The lowest BCUT2D eigenvalue weighted by Gasteiger charge is -2.37. The second-order valence-electron chi connectivity index (χ2n) is 6.46. The molecule has 0 saturated carbocycles. The Morgan fingerprint density at radius 3 is 2.62 bits per heavy atom. The van der Waals surface area contributed by atoms with Crippen LogP contribution in [-0.2, 0) is 11.4 Å². The van der Waals surface area contributed by atoms with E-state index in [4.69, 9.17) is 33.0 Å². The topological polar surface area (TPSA) is 49.8 Å². The van der Waals surface area contributed by atoms with Gasteiger partial charge in [-0.15, -0.1) is 0 Å². The molecule has 2 aromatic rings. The van der Waals surface area contributed by atoms with E-state index in [1.807, 2.05) is 30.3 Å². The predicted octanol–water partition coefficient (Wildman–Crippen LogP) is 5.41. The van der Waals surface area contributed by atoms with E-state index in [9.17, 15) is 4.79 Å². The molecule has 1 aliphatic rings. The molecule has 1 saturated heterocycles. The summed E-state index contributed by atoms with van der Waals surface area (Å²) in [6.45, 7) is 1.25. The fourth-order valence-corrected chi connectivity index (χ4v) is 3.75. The number of ether oxygens (including phenoxy) is 1. The van der Waals surface area contributed by atoms with Gasteiger partial charge in [-0.05, 0) is 55.7 Å². The second-order valence-corrected chi connectivity index (χ2v) is 7.30. The summed E-state index contributed by atoms with van der Waals surface area (Å²) in [7, 11) is 0. The van der Waals surface area contributed by atoms with Crippen LogP contribution in [0.2, 0.25) is 10.0 Å². The summed E-state index contributed by atoms with van der Waals surface area (Å²) >= 11 is 12.1. The van der Waals surface area contributed by atoms with Crippen molar-refractivity contribution in [2.75, 3.05) is 11.4 Å². The Balaban J connectivity index is 1.64. The largest absolute Gasteiger partial charge is 0.489 e. The molecule has 0 bridgehead atoms. The Labute approximate surface area is 163 Å². The summed E-state index contributed by atoms with van der Waals surface area (Å²) in [6.07, 6.45) is 3.26. The smallest absolute Gasteiger partial charge is 0.305 e. The molecule has 1 atom stereocenters. The van der Waals surface area contributed by atoms with Crippen molar-refractivity contribution in [2.45, 2.75) is 38.3 Å². The van der Waals surface area contributed by atoms with Crippen molar-refractivity contribution in [3.05, 3.63) is 58.1 Å². The number of carboxylic acids is 1. The van der Waals surface area contributed by atoms with Crippen molar-refractivity contribution in [3.8, 4) is 5.75 Å². The van der Waals surface area contributed by atoms with E-state index in [1.54, 1.807) is 12.1 Å². The van der Waals surface area contributed by atoms with Gasteiger partial charge in [-0.2, -0.15) is 0 Å². The summed E-state index contributed by atoms with van der Waals surface area (Å²) < 4.78 is 5.81. The van der Waals surface area contributed by atoms with Gasteiger partial charge in [0, 0.05) is 33.9 Å². The first-order valence-electron chi connectivity index (χ1n) is 8.68. The number of rotatable bonds is 6. The normalized spacial score (nSPS) is 17.2. The quantitative estimate of drug-likeness (QED) is 0.712. The summed E-state index contributed by atoms with van der Waals surface area (Å²) in [5.41, 5.74) is 1.91. The minimum atomic E-state index is -0.748. The van der Waals surface area contributed by atoms with E-state index in [0.29, 0.717) is 16.7 Å². The number of piperidine rings is 1. The highest BCUT2D eigenvalue weighted by Gasteiger charge is 2.24. The minimum absolute atomic E-state index is 0.0564. The van der Waals surface area contributed by atoms with Crippen LogP contribution < -0.4 is 9.64 Å². The van der Waals surface area contributed by atoms with Crippen molar-refractivity contribution in [1.29, 1.82) is 0 Å². The Morgan fingerprint density at radius 2 is 1.92 bits per heavy atom. The van der Waals surface area contributed by atoms with Crippen LogP contribution in [0.25, 0.3) is 0 Å². The second kappa shape index (κ2) is 8.65. The maximum Gasteiger partial charge on any atom is 0.305 e. The van der Waals surface area contributed by atoms with Gasteiger partial charge in [0.25, 0.3) is 0 Å². The highest BCUT2D eigenvalue weighted by molar-refractivity contribution is 6.35. The number of halogens is 2. The Bertz CT molecular complexity index is 764. The summed E-state index contributed by atoms with van der Waals surface area (Å²) in [5, 5.41) is 10.3. The van der Waals surface area contributed by atoms with Crippen LogP contribution in [0.4, 0.5) is 5.69 Å². The zero-order valence-corrected chi connectivity index (χ0v) is 15.8. The van der Waals surface area contributed by atoms with Gasteiger partial charge in [-0.1, -0.05) is 29.3 Å². The number of hydrogen-bond acceptors (Lipinski definition) is 3. The van der Waals surface area contributed by atoms with Crippen LogP contribution in [0.5, 0.6) is 5.75 Å². The van der Waals surface area contributed by atoms with Gasteiger partial charge in [-0.3, -0.25) is 4.79 Å². The van der Waals surface area contributed by atoms with Crippen LogP contribution in [0.3, 0.4) is 0 Å². The molecular formula is C20H21Cl2NO3. The van der Waals surface area contributed by atoms with Crippen molar-refractivity contribution in [2.24, 2.45) is 0 Å². The summed E-state index contributed by atoms with van der Waals surface area (Å²) in [4.78, 5) is 13.3. The first-order chi connectivity index (χ1) is 12.5. The summed E-state index contributed by atoms with van der Waals surface area (Å²) in [5.74, 6) is -0.00624. The SMILES string of the molecule is O=C(O)CC1CCCCN1c1ccc(OCc2ccc(Cl)cc2Cl)cc1. The molecule has 1 aliphatic heterocycles. The molecule has 1 unspecified atom stereocenters. The van der Waals surface area contributed by atoms with Gasteiger partial charge >= 0.3 is 5.97 Å². The van der Waals surface area contributed by atoms with E-state index >= 15 is 0 Å². The van der Waals surface area contributed by atoms with Crippen LogP contribution in [0, 0.1) is 0 Å². The number of hydrogen-bond donors (Lipinski definition) is 1. The van der Waals surface area contributed by atoms with Crippen molar-refractivity contribution >= 4 is 34.9 Å². The van der Waals surface area contributed by atoms with E-state index in [0.717, 1.165) is 42.8 Å². The number of anilines is 1. The lowest BCUT2D eigenvalue weighted by atomic mass is 9.98. The molecule has 0 amide bonds. The number of carbonyl (C=O) groups is 1. The van der Waals surface area contributed by atoms with Crippen LogP contribution >= 0.6 is 23.2 Å². The van der Waals surface area contributed by atoms with Crippen LogP contribution in [-0.4, -0.2) is 23.7 Å². The summed E-state index contributed by atoms with van der Waals surface area (Å²) in [6, 6.07) is 13.2. The zero-order chi connectivity index (χ0) is 18.5. The number of benzene rings is 2. The molecule has 2 aromatic carbocycles. The van der Waals surface area contributed by atoms with Crippen molar-refractivity contribution < 1.29 is 14.6 Å². The monoisotopic (exact) mass is 393 g/mol. The molecule has 0 spiro atoms. The molecule has 0 aromatic heterocycles. The number of carboxylic acid groups (broad SMARTS) is 1. The van der Waals surface area contributed by atoms with Gasteiger partial charge < -0.3 is 14.7 Å². The number of nitrogens with zero attached hydrogens (tertiary/aromatic N) is 1. The Kier molecular flexibility index (Phi) is 6.28.